The van der Waals surface area contributed by atoms with E-state index in [4.69, 9.17) is 9.15 Å². The molecule has 0 fully saturated rings. The molecule has 1 aliphatic rings. The smallest absolute Gasteiger partial charge is 0.253 e. The van der Waals surface area contributed by atoms with Crippen LogP contribution in [0.1, 0.15) is 43.9 Å². The largest absolute Gasteiger partial charge is 0.484 e. The Labute approximate surface area is 136 Å². The van der Waals surface area contributed by atoms with Crippen LogP contribution in [-0.2, 0) is 13.2 Å². The molecule has 1 aliphatic carbocycles. The van der Waals surface area contributed by atoms with Crippen molar-refractivity contribution in [3.63, 3.8) is 0 Å². The van der Waals surface area contributed by atoms with Crippen molar-refractivity contribution in [2.75, 3.05) is 6.54 Å². The second-order valence-electron chi connectivity index (χ2n) is 5.73. The van der Waals surface area contributed by atoms with Gasteiger partial charge in [-0.25, -0.2) is 0 Å². The number of allylic oxidation sites excluding steroid dienone is 1. The Morgan fingerprint density at radius 3 is 2.78 bits per heavy atom. The van der Waals surface area contributed by atoms with Crippen molar-refractivity contribution < 1.29 is 9.15 Å². The molecule has 0 spiro atoms. The first-order valence-electron chi connectivity index (χ1n) is 8.28. The molecular formula is C18H23N3O2. The van der Waals surface area contributed by atoms with Crippen LogP contribution in [0, 0.1) is 0 Å². The summed E-state index contributed by atoms with van der Waals surface area (Å²) >= 11 is 0. The molecule has 0 atom stereocenters. The molecule has 1 aromatic heterocycles. The average molecular weight is 313 g/mol. The van der Waals surface area contributed by atoms with E-state index in [0.29, 0.717) is 24.9 Å². The molecule has 0 radical (unpaired) electrons. The standard InChI is InChI=1S/C18H23N3O2/c1-3-7-15(8-4-1)11-12-19-13-17-20-21-18(23-17)14-22-16-9-5-2-6-10-16/h2,5-7,9-10,19H,1,3-4,8,11-14H2. The number of nitrogens with zero attached hydrogens (tertiary/aromatic N) is 2. The van der Waals surface area contributed by atoms with Crippen molar-refractivity contribution in [1.82, 2.24) is 15.5 Å². The first kappa shape index (κ1) is 15.7. The zero-order valence-corrected chi connectivity index (χ0v) is 13.3. The van der Waals surface area contributed by atoms with Gasteiger partial charge in [0.05, 0.1) is 6.54 Å². The number of nitrogens with one attached hydrogen (secondary N) is 1. The second kappa shape index (κ2) is 8.48. The lowest BCUT2D eigenvalue weighted by molar-refractivity contribution is 0.258. The van der Waals surface area contributed by atoms with Crippen molar-refractivity contribution in [3.8, 4) is 5.75 Å². The summed E-state index contributed by atoms with van der Waals surface area (Å²) in [6.45, 7) is 1.85. The minimum Gasteiger partial charge on any atom is -0.484 e. The summed E-state index contributed by atoms with van der Waals surface area (Å²) in [4.78, 5) is 0. The van der Waals surface area contributed by atoms with Crippen LogP contribution in [0.3, 0.4) is 0 Å². The Morgan fingerprint density at radius 2 is 1.96 bits per heavy atom. The molecule has 0 amide bonds. The van der Waals surface area contributed by atoms with E-state index in [-0.39, 0.29) is 0 Å². The van der Waals surface area contributed by atoms with Gasteiger partial charge in [-0.1, -0.05) is 29.8 Å². The molecule has 122 valence electrons. The number of aromatic nitrogens is 2. The number of rotatable bonds is 8. The van der Waals surface area contributed by atoms with E-state index in [1.807, 2.05) is 30.3 Å². The van der Waals surface area contributed by atoms with E-state index in [2.05, 4.69) is 21.6 Å². The van der Waals surface area contributed by atoms with Crippen LogP contribution in [0.2, 0.25) is 0 Å². The maximum atomic E-state index is 5.59. The van der Waals surface area contributed by atoms with Crippen molar-refractivity contribution >= 4 is 0 Å². The summed E-state index contributed by atoms with van der Waals surface area (Å²) in [5, 5.41) is 11.4. The zero-order valence-electron chi connectivity index (χ0n) is 13.3. The first-order valence-corrected chi connectivity index (χ1v) is 8.28. The van der Waals surface area contributed by atoms with Crippen LogP contribution >= 0.6 is 0 Å². The fourth-order valence-electron chi connectivity index (χ4n) is 2.66. The van der Waals surface area contributed by atoms with Crippen LogP contribution in [0.15, 0.2) is 46.4 Å². The number of para-hydroxylation sites is 1. The summed E-state index contributed by atoms with van der Waals surface area (Å²) in [5.41, 5.74) is 1.58. The number of hydrogen-bond donors (Lipinski definition) is 1. The molecule has 2 aromatic rings. The van der Waals surface area contributed by atoms with Gasteiger partial charge in [0.2, 0.25) is 5.89 Å². The monoisotopic (exact) mass is 313 g/mol. The van der Waals surface area contributed by atoms with E-state index in [1.54, 1.807) is 5.57 Å². The van der Waals surface area contributed by atoms with Crippen LogP contribution in [0.5, 0.6) is 5.75 Å². The highest BCUT2D eigenvalue weighted by Gasteiger charge is 2.07. The predicted octanol–water partition coefficient (Wildman–Crippen LogP) is 3.63. The number of benzene rings is 1. The minimum absolute atomic E-state index is 0.296. The van der Waals surface area contributed by atoms with Gasteiger partial charge in [0.15, 0.2) is 6.61 Å². The summed E-state index contributed by atoms with van der Waals surface area (Å²) in [5.74, 6) is 1.90. The van der Waals surface area contributed by atoms with E-state index in [0.717, 1.165) is 18.7 Å². The van der Waals surface area contributed by atoms with Crippen LogP contribution < -0.4 is 10.1 Å². The van der Waals surface area contributed by atoms with Gasteiger partial charge >= 0.3 is 0 Å². The lowest BCUT2D eigenvalue weighted by Crippen LogP contribution is -2.15. The molecule has 3 rings (SSSR count). The predicted molar refractivity (Wildman–Crippen MR) is 87.9 cm³/mol. The molecule has 5 heteroatoms. The van der Waals surface area contributed by atoms with Crippen molar-refractivity contribution in [2.24, 2.45) is 0 Å². The molecule has 0 unspecified atom stereocenters. The lowest BCUT2D eigenvalue weighted by Gasteiger charge is -2.12. The molecule has 1 heterocycles. The summed E-state index contributed by atoms with van der Waals surface area (Å²) in [6, 6.07) is 9.62. The van der Waals surface area contributed by atoms with E-state index >= 15 is 0 Å². The van der Waals surface area contributed by atoms with Crippen LogP contribution in [0.25, 0.3) is 0 Å². The Hall–Kier alpha value is -2.14. The highest BCUT2D eigenvalue weighted by Crippen LogP contribution is 2.19. The highest BCUT2D eigenvalue weighted by atomic mass is 16.5. The van der Waals surface area contributed by atoms with Crippen LogP contribution in [0.4, 0.5) is 0 Å². The van der Waals surface area contributed by atoms with Crippen molar-refractivity contribution in [1.29, 1.82) is 0 Å². The fraction of sp³-hybridized carbons (Fsp3) is 0.444. The van der Waals surface area contributed by atoms with Gasteiger partial charge in [0.1, 0.15) is 5.75 Å². The lowest BCUT2D eigenvalue weighted by atomic mass is 9.97. The fourth-order valence-corrected chi connectivity index (χ4v) is 2.66. The molecule has 0 aliphatic heterocycles. The zero-order chi connectivity index (χ0) is 15.7. The van der Waals surface area contributed by atoms with Gasteiger partial charge in [0.25, 0.3) is 5.89 Å². The third-order valence-electron chi connectivity index (χ3n) is 3.90. The Balaban J connectivity index is 1.36. The van der Waals surface area contributed by atoms with E-state index in [9.17, 15) is 0 Å². The molecule has 5 nitrogen and oxygen atoms in total. The number of ether oxygens (including phenoxy) is 1. The Kier molecular flexibility index (Phi) is 5.81. The average Bonchev–Trinajstić information content (AvgIpc) is 3.07. The molecular weight excluding hydrogens is 290 g/mol. The molecule has 0 bridgehead atoms. The Bertz CT molecular complexity index is 622. The van der Waals surface area contributed by atoms with E-state index in [1.165, 1.54) is 25.7 Å². The van der Waals surface area contributed by atoms with Gasteiger partial charge in [-0.05, 0) is 50.8 Å². The van der Waals surface area contributed by atoms with Gasteiger partial charge in [-0.3, -0.25) is 0 Å². The molecule has 23 heavy (non-hydrogen) atoms. The quantitative estimate of drug-likeness (QED) is 0.595. The summed E-state index contributed by atoms with van der Waals surface area (Å²) < 4.78 is 11.2. The molecule has 1 N–H and O–H groups in total. The second-order valence-corrected chi connectivity index (χ2v) is 5.73. The van der Waals surface area contributed by atoms with Gasteiger partial charge in [-0.15, -0.1) is 10.2 Å². The molecule has 1 aromatic carbocycles. The van der Waals surface area contributed by atoms with Crippen molar-refractivity contribution in [3.05, 3.63) is 53.8 Å². The summed E-state index contributed by atoms with van der Waals surface area (Å²) in [6.07, 6.45) is 8.66. The van der Waals surface area contributed by atoms with Gasteiger partial charge < -0.3 is 14.5 Å². The SMILES string of the molecule is C1=C(CCNCc2nnc(COc3ccccc3)o2)CCCC1. The maximum Gasteiger partial charge on any atom is 0.253 e. The Morgan fingerprint density at radius 1 is 1.09 bits per heavy atom. The third-order valence-corrected chi connectivity index (χ3v) is 3.90. The molecule has 0 saturated heterocycles. The van der Waals surface area contributed by atoms with Gasteiger partial charge in [0, 0.05) is 0 Å². The number of hydrogen-bond acceptors (Lipinski definition) is 5. The normalized spacial score (nSPS) is 14.5. The minimum atomic E-state index is 0.296. The highest BCUT2D eigenvalue weighted by molar-refractivity contribution is 5.20. The molecule has 0 saturated carbocycles. The van der Waals surface area contributed by atoms with E-state index < -0.39 is 0 Å². The van der Waals surface area contributed by atoms with Gasteiger partial charge in [-0.2, -0.15) is 0 Å². The summed E-state index contributed by atoms with van der Waals surface area (Å²) in [7, 11) is 0. The first-order chi connectivity index (χ1) is 11.4. The van der Waals surface area contributed by atoms with Crippen LogP contribution in [-0.4, -0.2) is 16.7 Å². The topological polar surface area (TPSA) is 60.2 Å². The third kappa shape index (κ3) is 5.21. The maximum absolute atomic E-state index is 5.59. The van der Waals surface area contributed by atoms with Crippen molar-refractivity contribution in [2.45, 2.75) is 45.3 Å².